The van der Waals surface area contributed by atoms with Gasteiger partial charge in [-0.1, -0.05) is 6.42 Å². The molecule has 1 aromatic rings. The van der Waals surface area contributed by atoms with Crippen LogP contribution in [-0.4, -0.2) is 43.9 Å². The number of hydrogen-bond donors (Lipinski definition) is 1. The Hall–Kier alpha value is -1.66. The molecule has 0 unspecified atom stereocenters. The lowest BCUT2D eigenvalue weighted by Crippen LogP contribution is -2.44. The van der Waals surface area contributed by atoms with E-state index in [-0.39, 0.29) is 24.4 Å². The van der Waals surface area contributed by atoms with E-state index >= 15 is 0 Å². The van der Waals surface area contributed by atoms with Crippen LogP contribution in [0.3, 0.4) is 0 Å². The van der Waals surface area contributed by atoms with Gasteiger partial charge < -0.3 is 5.73 Å². The molecule has 1 saturated carbocycles. The van der Waals surface area contributed by atoms with Crippen molar-refractivity contribution in [3.8, 4) is 0 Å². The van der Waals surface area contributed by atoms with Crippen LogP contribution in [0.1, 0.15) is 42.5 Å². The van der Waals surface area contributed by atoms with Crippen molar-refractivity contribution in [1.82, 2.24) is 4.31 Å². The van der Waals surface area contributed by atoms with Gasteiger partial charge in [-0.05, 0) is 31.7 Å². The Morgan fingerprint density at radius 1 is 1.19 bits per heavy atom. The number of sulfonamides is 1. The number of piperidine rings is 1. The summed E-state index contributed by atoms with van der Waals surface area (Å²) in [6, 6.07) is 0.838. The topological polar surface area (TPSA) is 101 Å². The number of alkyl halides is 3. The first-order valence-corrected chi connectivity index (χ1v) is 10.6. The monoisotopic (exact) mass is 425 g/mol. The fourth-order valence-corrected chi connectivity index (χ4v) is 6.07. The lowest BCUT2D eigenvalue weighted by molar-refractivity contribution is -0.150. The third kappa shape index (κ3) is 3.97. The number of nitrogens with zero attached hydrogens (tertiary/aromatic N) is 2. The molecule has 2 fully saturated rings. The molecular weight excluding hydrogens is 407 g/mol. The van der Waals surface area contributed by atoms with E-state index in [4.69, 9.17) is 5.73 Å². The maximum absolute atomic E-state index is 13.5. The Labute approximate surface area is 158 Å². The summed E-state index contributed by atoms with van der Waals surface area (Å²) in [6.45, 7) is 0.511. The van der Waals surface area contributed by atoms with Crippen molar-refractivity contribution in [1.29, 1.82) is 0 Å². The average Bonchev–Trinajstić information content (AvgIpc) is 3.34. The second kappa shape index (κ2) is 7.06. The van der Waals surface area contributed by atoms with E-state index in [9.17, 15) is 31.2 Å². The van der Waals surface area contributed by atoms with Crippen LogP contribution < -0.4 is 10.6 Å². The zero-order valence-electron chi connectivity index (χ0n) is 14.2. The molecule has 1 aliphatic carbocycles. The van der Waals surface area contributed by atoms with Crippen molar-refractivity contribution in [2.75, 3.05) is 18.0 Å². The molecule has 150 valence electrons. The Bertz CT molecular complexity index is 856. The number of anilines is 1. The van der Waals surface area contributed by atoms with Crippen LogP contribution in [0.5, 0.6) is 0 Å². The molecule has 0 atom stereocenters. The molecule has 0 aromatic carbocycles. The highest BCUT2D eigenvalue weighted by Gasteiger charge is 2.49. The van der Waals surface area contributed by atoms with Gasteiger partial charge in [-0.25, -0.2) is 13.3 Å². The molecule has 12 heteroatoms. The summed E-state index contributed by atoms with van der Waals surface area (Å²) >= 11 is 0.252. The molecule has 2 amide bonds. The van der Waals surface area contributed by atoms with Gasteiger partial charge in [0.1, 0.15) is 9.21 Å². The first kappa shape index (κ1) is 20.1. The molecule has 2 heterocycles. The predicted octanol–water partition coefficient (Wildman–Crippen LogP) is 2.28. The minimum absolute atomic E-state index is 0.252. The van der Waals surface area contributed by atoms with Crippen LogP contribution in [0.15, 0.2) is 10.3 Å². The van der Waals surface area contributed by atoms with E-state index in [2.05, 4.69) is 0 Å². The quantitative estimate of drug-likeness (QED) is 0.732. The van der Waals surface area contributed by atoms with E-state index in [1.807, 2.05) is 0 Å². The molecule has 0 spiro atoms. The summed E-state index contributed by atoms with van der Waals surface area (Å²) in [5.74, 6) is -3.20. The average molecular weight is 425 g/mol. The number of primary amides is 1. The van der Waals surface area contributed by atoms with Crippen molar-refractivity contribution in [2.45, 2.75) is 42.6 Å². The van der Waals surface area contributed by atoms with Gasteiger partial charge in [-0.3, -0.25) is 9.59 Å². The molecule has 1 aromatic heterocycles. The van der Waals surface area contributed by atoms with Crippen LogP contribution >= 0.6 is 11.3 Å². The molecule has 0 bridgehead atoms. The Morgan fingerprint density at radius 3 is 2.26 bits per heavy atom. The maximum atomic E-state index is 13.5. The first-order valence-electron chi connectivity index (χ1n) is 8.38. The summed E-state index contributed by atoms with van der Waals surface area (Å²) in [5.41, 5.74) is 4.55. The van der Waals surface area contributed by atoms with Gasteiger partial charge in [0.25, 0.3) is 15.9 Å². The van der Waals surface area contributed by atoms with Crippen LogP contribution in [0.2, 0.25) is 0 Å². The number of thiophene rings is 1. The van der Waals surface area contributed by atoms with Crippen molar-refractivity contribution in [3.63, 3.8) is 0 Å². The number of nitrogens with two attached hydrogens (primary N) is 1. The first-order chi connectivity index (χ1) is 12.5. The minimum Gasteiger partial charge on any atom is -0.366 e. The summed E-state index contributed by atoms with van der Waals surface area (Å²) < 4.78 is 66.9. The van der Waals surface area contributed by atoms with Crippen LogP contribution in [-0.2, 0) is 14.8 Å². The molecule has 1 saturated heterocycles. The number of amides is 2. The molecule has 7 nitrogen and oxygen atoms in total. The van der Waals surface area contributed by atoms with Crippen molar-refractivity contribution in [2.24, 2.45) is 11.7 Å². The van der Waals surface area contributed by atoms with Crippen molar-refractivity contribution in [3.05, 3.63) is 11.6 Å². The van der Waals surface area contributed by atoms with Crippen LogP contribution in [0.25, 0.3) is 0 Å². The Morgan fingerprint density at radius 2 is 1.78 bits per heavy atom. The van der Waals surface area contributed by atoms with E-state index in [1.54, 1.807) is 0 Å². The lowest BCUT2D eigenvalue weighted by Gasteiger charge is -2.25. The summed E-state index contributed by atoms with van der Waals surface area (Å²) in [7, 11) is -4.07. The molecule has 2 aliphatic rings. The highest BCUT2D eigenvalue weighted by molar-refractivity contribution is 7.91. The van der Waals surface area contributed by atoms with Crippen LogP contribution in [0, 0.1) is 5.92 Å². The zero-order chi connectivity index (χ0) is 20.0. The number of rotatable bonds is 5. The number of halogens is 3. The third-order valence-electron chi connectivity index (χ3n) is 4.47. The normalized spacial score (nSPS) is 19.1. The zero-order valence-corrected chi connectivity index (χ0v) is 15.8. The summed E-state index contributed by atoms with van der Waals surface area (Å²) in [4.78, 5) is 23.4. The molecule has 2 N–H and O–H groups in total. The summed E-state index contributed by atoms with van der Waals surface area (Å²) in [6.07, 6.45) is -2.29. The number of carbonyl (C=O) groups excluding carboxylic acids is 2. The SMILES string of the molecule is NC(=O)c1cc(S(=O)(=O)N2CCCCC2)sc1N(C(=O)C1CC1)C(F)(F)F. The minimum atomic E-state index is -5.10. The van der Waals surface area contributed by atoms with E-state index in [0.29, 0.717) is 25.7 Å². The Balaban J connectivity index is 2.07. The van der Waals surface area contributed by atoms with Gasteiger partial charge in [-0.15, -0.1) is 24.5 Å². The second-order valence-corrected chi connectivity index (χ2v) is 9.72. The Kier molecular flexibility index (Phi) is 5.25. The molecular formula is C15H18F3N3O4S2. The smallest absolute Gasteiger partial charge is 0.366 e. The van der Waals surface area contributed by atoms with Gasteiger partial charge >= 0.3 is 6.30 Å². The van der Waals surface area contributed by atoms with E-state index < -0.39 is 53.7 Å². The molecule has 27 heavy (non-hydrogen) atoms. The molecule has 0 radical (unpaired) electrons. The molecule has 3 rings (SSSR count). The highest BCUT2D eigenvalue weighted by Crippen LogP contribution is 2.44. The van der Waals surface area contributed by atoms with Crippen LogP contribution in [0.4, 0.5) is 18.2 Å². The fourth-order valence-electron chi connectivity index (χ4n) is 2.91. The lowest BCUT2D eigenvalue weighted by atomic mass is 10.2. The molecule has 1 aliphatic heterocycles. The third-order valence-corrected chi connectivity index (χ3v) is 7.94. The predicted molar refractivity (Wildman–Crippen MR) is 91.7 cm³/mol. The second-order valence-electron chi connectivity index (χ2n) is 6.53. The van der Waals surface area contributed by atoms with E-state index in [1.165, 1.54) is 4.31 Å². The number of hydrogen-bond acceptors (Lipinski definition) is 5. The highest BCUT2D eigenvalue weighted by atomic mass is 32.2. The number of carbonyl (C=O) groups is 2. The van der Waals surface area contributed by atoms with Gasteiger partial charge in [0.2, 0.25) is 5.91 Å². The van der Waals surface area contributed by atoms with E-state index in [0.717, 1.165) is 12.5 Å². The van der Waals surface area contributed by atoms with Gasteiger partial charge in [0.05, 0.1) is 5.56 Å². The van der Waals surface area contributed by atoms with Crippen molar-refractivity contribution < 1.29 is 31.2 Å². The van der Waals surface area contributed by atoms with Gasteiger partial charge in [-0.2, -0.15) is 4.31 Å². The summed E-state index contributed by atoms with van der Waals surface area (Å²) in [5, 5.41) is -0.789. The van der Waals surface area contributed by atoms with Gasteiger partial charge in [0.15, 0.2) is 0 Å². The van der Waals surface area contributed by atoms with Crippen molar-refractivity contribution >= 4 is 38.2 Å². The standard InChI is InChI=1S/C15H18F3N3O4S2/c16-15(17,18)21(13(23)9-4-5-9)14-10(12(19)22)8-11(26-14)27(24,25)20-6-2-1-3-7-20/h8-9H,1-7H2,(H2,19,22). The van der Waals surface area contributed by atoms with Gasteiger partial charge in [0, 0.05) is 19.0 Å². The maximum Gasteiger partial charge on any atom is 0.492 e. The largest absolute Gasteiger partial charge is 0.492 e. The fraction of sp³-hybridized carbons (Fsp3) is 0.600.